The molecule has 3 aromatic rings. The lowest BCUT2D eigenvalue weighted by Crippen LogP contribution is -2.04. The van der Waals surface area contributed by atoms with Gasteiger partial charge in [0.25, 0.3) is 0 Å². The molecule has 0 aliphatic carbocycles. The Morgan fingerprint density at radius 2 is 1.82 bits per heavy atom. The third kappa shape index (κ3) is 2.90. The van der Waals surface area contributed by atoms with Gasteiger partial charge in [-0.3, -0.25) is 4.57 Å². The number of hydrogen-bond donors (Lipinski definition) is 0. The Bertz CT molecular complexity index is 812. The van der Waals surface area contributed by atoms with E-state index in [4.69, 9.17) is 23.2 Å². The van der Waals surface area contributed by atoms with E-state index in [1.807, 2.05) is 16.7 Å². The number of rotatable bonds is 3. The number of nitrogens with zero attached hydrogens (tertiary/aromatic N) is 2. The molecule has 0 saturated carbocycles. The summed E-state index contributed by atoms with van der Waals surface area (Å²) in [7, 11) is 0. The van der Waals surface area contributed by atoms with E-state index in [9.17, 15) is 0 Å². The van der Waals surface area contributed by atoms with Gasteiger partial charge in [0, 0.05) is 11.8 Å². The second-order valence-corrected chi connectivity index (χ2v) is 5.86. The van der Waals surface area contributed by atoms with Gasteiger partial charge in [-0.1, -0.05) is 66.5 Å². The molecule has 0 radical (unpaired) electrons. The summed E-state index contributed by atoms with van der Waals surface area (Å²) in [5, 5.41) is 3.19. The second-order valence-electron chi connectivity index (χ2n) is 5.15. The molecule has 0 spiro atoms. The third-order valence-electron chi connectivity index (χ3n) is 3.65. The summed E-state index contributed by atoms with van der Waals surface area (Å²) in [6.45, 7) is 4.21. The number of aryl methyl sites for hydroxylation is 2. The predicted molar refractivity (Wildman–Crippen MR) is 100 cm³/mol. The average molecular weight is 400 g/mol. The number of aromatic nitrogens is 2. The van der Waals surface area contributed by atoms with Gasteiger partial charge in [0.2, 0.25) is 0 Å². The molecule has 2 nitrogen and oxygen atoms in total. The third-order valence-corrected chi connectivity index (χ3v) is 4.36. The Morgan fingerprint density at radius 1 is 1.09 bits per heavy atom. The van der Waals surface area contributed by atoms with Crippen molar-refractivity contribution in [1.29, 1.82) is 0 Å². The van der Waals surface area contributed by atoms with Crippen LogP contribution in [0.4, 0.5) is 0 Å². The van der Waals surface area contributed by atoms with Crippen LogP contribution in [-0.4, -0.2) is 9.55 Å². The van der Waals surface area contributed by atoms with Crippen LogP contribution < -0.4 is 0 Å². The molecule has 0 N–H and O–H groups in total. The van der Waals surface area contributed by atoms with Crippen LogP contribution in [0.5, 0.6) is 0 Å². The molecule has 1 heterocycles. The van der Waals surface area contributed by atoms with Gasteiger partial charge in [0.05, 0.1) is 5.69 Å². The zero-order valence-electron chi connectivity index (χ0n) is 12.4. The highest BCUT2D eigenvalue weighted by Gasteiger charge is 2.18. The van der Waals surface area contributed by atoms with Crippen molar-refractivity contribution < 1.29 is 0 Å². The Balaban J connectivity index is 0.00000176. The smallest absolute Gasteiger partial charge is 0.166 e. The Hall–Kier alpha value is -1.03. The quantitative estimate of drug-likeness (QED) is 0.514. The van der Waals surface area contributed by atoms with Gasteiger partial charge in [-0.15, -0.1) is 17.0 Å². The first-order valence-electron chi connectivity index (χ1n) is 7.04. The van der Waals surface area contributed by atoms with E-state index in [2.05, 4.69) is 43.1 Å². The fourth-order valence-corrected chi connectivity index (χ4v) is 3.10. The average Bonchev–Trinajstić information content (AvgIpc) is 2.75. The zero-order chi connectivity index (χ0) is 15.0. The van der Waals surface area contributed by atoms with Crippen LogP contribution in [0.1, 0.15) is 24.7 Å². The van der Waals surface area contributed by atoms with Gasteiger partial charge in [-0.2, -0.15) is 0 Å². The molecule has 0 saturated heterocycles. The van der Waals surface area contributed by atoms with Crippen LogP contribution in [0, 0.1) is 6.92 Å². The van der Waals surface area contributed by atoms with Crippen molar-refractivity contribution >= 4 is 51.0 Å². The molecule has 0 aliphatic rings. The van der Waals surface area contributed by atoms with Gasteiger partial charge in [0.15, 0.2) is 10.3 Å². The van der Waals surface area contributed by atoms with Crippen LogP contribution in [0.3, 0.4) is 0 Å². The van der Waals surface area contributed by atoms with Crippen LogP contribution in [0.25, 0.3) is 16.5 Å². The lowest BCUT2D eigenvalue weighted by atomic mass is 10.0. The zero-order valence-corrected chi connectivity index (χ0v) is 15.7. The summed E-state index contributed by atoms with van der Waals surface area (Å²) in [5.41, 5.74) is 2.22. The molecule has 2 aromatic carbocycles. The van der Waals surface area contributed by atoms with E-state index in [-0.39, 0.29) is 17.0 Å². The highest BCUT2D eigenvalue weighted by Crippen LogP contribution is 2.33. The van der Waals surface area contributed by atoms with Crippen molar-refractivity contribution in [1.82, 2.24) is 9.55 Å². The van der Waals surface area contributed by atoms with Crippen LogP contribution >= 0.6 is 40.2 Å². The van der Waals surface area contributed by atoms with Crippen molar-refractivity contribution in [2.24, 2.45) is 0 Å². The molecule has 22 heavy (non-hydrogen) atoms. The summed E-state index contributed by atoms with van der Waals surface area (Å²) in [6.07, 6.45) is 1.84. The minimum atomic E-state index is 0. The standard InChI is InChI=1S/C17H16Cl2N2.BrH/c1-3-6-14-20-16(18)17(19)21(14)15-11(2)9-10-12-7-4-5-8-13(12)15;/h4-5,7-10H,3,6H2,1-2H3;1H. The van der Waals surface area contributed by atoms with Crippen LogP contribution in [0.15, 0.2) is 36.4 Å². The highest BCUT2D eigenvalue weighted by atomic mass is 79.9. The first-order chi connectivity index (χ1) is 10.1. The lowest BCUT2D eigenvalue weighted by Gasteiger charge is -2.15. The monoisotopic (exact) mass is 398 g/mol. The van der Waals surface area contributed by atoms with Gasteiger partial charge in [-0.05, 0) is 24.3 Å². The van der Waals surface area contributed by atoms with Crippen molar-refractivity contribution in [3.63, 3.8) is 0 Å². The van der Waals surface area contributed by atoms with E-state index in [1.165, 1.54) is 5.39 Å². The van der Waals surface area contributed by atoms with E-state index >= 15 is 0 Å². The van der Waals surface area contributed by atoms with E-state index < -0.39 is 0 Å². The van der Waals surface area contributed by atoms with Crippen molar-refractivity contribution in [2.75, 3.05) is 0 Å². The van der Waals surface area contributed by atoms with E-state index in [0.717, 1.165) is 35.3 Å². The number of benzene rings is 2. The normalized spacial score (nSPS) is 10.7. The second kappa shape index (κ2) is 7.03. The molecular weight excluding hydrogens is 383 g/mol. The predicted octanol–water partition coefficient (Wildman–Crippen LogP) is 6.17. The molecule has 0 amide bonds. The minimum absolute atomic E-state index is 0. The SMILES string of the molecule is Br.CCCc1nc(Cl)c(Cl)n1-c1c(C)ccc2ccccc12. The Morgan fingerprint density at radius 3 is 2.55 bits per heavy atom. The largest absolute Gasteiger partial charge is 0.285 e. The molecule has 1 aromatic heterocycles. The molecule has 0 fully saturated rings. The molecule has 0 unspecified atom stereocenters. The summed E-state index contributed by atoms with van der Waals surface area (Å²) in [5.74, 6) is 0.909. The Labute approximate surface area is 150 Å². The number of halogens is 3. The number of fused-ring (bicyclic) bond motifs is 1. The van der Waals surface area contributed by atoms with E-state index in [1.54, 1.807) is 0 Å². The van der Waals surface area contributed by atoms with Gasteiger partial charge in [0.1, 0.15) is 5.82 Å². The minimum Gasteiger partial charge on any atom is -0.285 e. The van der Waals surface area contributed by atoms with Crippen molar-refractivity contribution in [2.45, 2.75) is 26.7 Å². The van der Waals surface area contributed by atoms with E-state index in [0.29, 0.717) is 10.3 Å². The fraction of sp³-hybridized carbons (Fsp3) is 0.235. The maximum atomic E-state index is 6.43. The topological polar surface area (TPSA) is 17.8 Å². The summed E-state index contributed by atoms with van der Waals surface area (Å²) in [4.78, 5) is 4.42. The summed E-state index contributed by atoms with van der Waals surface area (Å²) in [6, 6.07) is 12.5. The number of imidazole rings is 1. The first-order valence-corrected chi connectivity index (χ1v) is 7.80. The van der Waals surface area contributed by atoms with Gasteiger partial charge < -0.3 is 0 Å². The Kier molecular flexibility index (Phi) is 5.54. The molecule has 0 bridgehead atoms. The maximum Gasteiger partial charge on any atom is 0.166 e. The first kappa shape index (κ1) is 17.3. The maximum absolute atomic E-state index is 6.43. The van der Waals surface area contributed by atoms with Gasteiger partial charge in [-0.25, -0.2) is 4.98 Å². The van der Waals surface area contributed by atoms with Crippen molar-refractivity contribution in [3.8, 4) is 5.69 Å². The molecule has 0 atom stereocenters. The van der Waals surface area contributed by atoms with Gasteiger partial charge >= 0.3 is 0 Å². The number of hydrogen-bond acceptors (Lipinski definition) is 1. The van der Waals surface area contributed by atoms with Crippen molar-refractivity contribution in [3.05, 3.63) is 58.1 Å². The summed E-state index contributed by atoms with van der Waals surface area (Å²) < 4.78 is 1.99. The fourth-order valence-electron chi connectivity index (χ4n) is 2.69. The lowest BCUT2D eigenvalue weighted by molar-refractivity contribution is 0.809. The van der Waals surface area contributed by atoms with Crippen LogP contribution in [0.2, 0.25) is 10.3 Å². The highest BCUT2D eigenvalue weighted by molar-refractivity contribution is 8.93. The van der Waals surface area contributed by atoms with Crippen LogP contribution in [-0.2, 0) is 6.42 Å². The molecule has 116 valence electrons. The molecule has 5 heteroatoms. The molecule has 0 aliphatic heterocycles. The molecule has 3 rings (SSSR count). The summed E-state index contributed by atoms with van der Waals surface area (Å²) >= 11 is 12.6. The molecular formula is C17H17BrCl2N2.